The second-order valence-electron chi connectivity index (χ2n) is 2.70. The molecule has 0 unspecified atom stereocenters. The van der Waals surface area contributed by atoms with Gasteiger partial charge in [0.15, 0.2) is 0 Å². The molecule has 0 heterocycles. The molecule has 0 atom stereocenters. The van der Waals surface area contributed by atoms with Crippen LogP contribution in [-0.4, -0.2) is 8.42 Å². The van der Waals surface area contributed by atoms with E-state index in [2.05, 4.69) is 4.18 Å². The molecule has 0 saturated heterocycles. The van der Waals surface area contributed by atoms with Crippen LogP contribution in [0.2, 0.25) is 0 Å². The van der Waals surface area contributed by atoms with Crippen LogP contribution in [0.25, 0.3) is 0 Å². The average Bonchev–Trinajstić information content (AvgIpc) is 2.02. The highest BCUT2D eigenvalue weighted by atomic mass is 32.3. The summed E-state index contributed by atoms with van der Waals surface area (Å²) < 4.78 is 36.4. The van der Waals surface area contributed by atoms with E-state index in [9.17, 15) is 12.3 Å². The van der Waals surface area contributed by atoms with Gasteiger partial charge >= 0.3 is 10.5 Å². The number of allylic oxidation sites excluding steroid dienone is 2. The molecule has 6 heteroatoms. The summed E-state index contributed by atoms with van der Waals surface area (Å²) in [5.41, 5.74) is 0.229. The maximum absolute atomic E-state index is 12.1. The third-order valence-electron chi connectivity index (χ3n) is 1.75. The lowest BCUT2D eigenvalue weighted by molar-refractivity contribution is 0.343. The Labute approximate surface area is 76.0 Å². The zero-order valence-electron chi connectivity index (χ0n) is 6.79. The second kappa shape index (κ2) is 3.75. The van der Waals surface area contributed by atoms with Crippen molar-refractivity contribution in [3.8, 4) is 6.07 Å². The molecule has 0 radical (unpaired) electrons. The number of halogens is 1. The van der Waals surface area contributed by atoms with E-state index >= 15 is 0 Å². The molecule has 1 aliphatic rings. The molecule has 13 heavy (non-hydrogen) atoms. The van der Waals surface area contributed by atoms with Crippen molar-refractivity contribution in [1.82, 2.24) is 0 Å². The van der Waals surface area contributed by atoms with E-state index in [1.54, 1.807) is 6.07 Å². The number of nitrogens with zero attached hydrogens (tertiary/aromatic N) is 1. The number of rotatable bonds is 2. The Morgan fingerprint density at radius 3 is 2.54 bits per heavy atom. The lowest BCUT2D eigenvalue weighted by Crippen LogP contribution is -2.05. The maximum atomic E-state index is 12.1. The van der Waals surface area contributed by atoms with Crippen molar-refractivity contribution < 1.29 is 16.5 Å². The lowest BCUT2D eigenvalue weighted by atomic mass is 9.99. The Balaban J connectivity index is 2.88. The first kappa shape index (κ1) is 9.99. The fourth-order valence-corrected chi connectivity index (χ4v) is 1.63. The molecular weight excluding hydrogens is 197 g/mol. The maximum Gasteiger partial charge on any atom is 0.488 e. The van der Waals surface area contributed by atoms with Crippen LogP contribution in [0.15, 0.2) is 11.3 Å². The van der Waals surface area contributed by atoms with Gasteiger partial charge < -0.3 is 4.18 Å². The molecule has 1 rings (SSSR count). The van der Waals surface area contributed by atoms with Gasteiger partial charge in [0.2, 0.25) is 0 Å². The predicted molar refractivity (Wildman–Crippen MR) is 42.2 cm³/mol. The van der Waals surface area contributed by atoms with Gasteiger partial charge in [0.25, 0.3) is 0 Å². The van der Waals surface area contributed by atoms with Crippen molar-refractivity contribution >= 4 is 10.5 Å². The first-order chi connectivity index (χ1) is 6.03. The van der Waals surface area contributed by atoms with Gasteiger partial charge in [0.05, 0.1) is 11.6 Å². The molecule has 0 spiro atoms. The smallest absolute Gasteiger partial charge is 0.362 e. The fraction of sp³-hybridized carbons (Fsp3) is 0.571. The van der Waals surface area contributed by atoms with Gasteiger partial charge in [-0.1, -0.05) is 3.89 Å². The summed E-state index contributed by atoms with van der Waals surface area (Å²) in [5, 5.41) is 8.55. The zero-order chi connectivity index (χ0) is 9.90. The van der Waals surface area contributed by atoms with Crippen molar-refractivity contribution in [2.75, 3.05) is 0 Å². The third kappa shape index (κ3) is 3.03. The van der Waals surface area contributed by atoms with Crippen LogP contribution in [-0.2, 0) is 14.7 Å². The van der Waals surface area contributed by atoms with Crippen LogP contribution < -0.4 is 0 Å². The van der Waals surface area contributed by atoms with Crippen LogP contribution in [0.5, 0.6) is 0 Å². The molecule has 0 N–H and O–H groups in total. The molecular formula is C7H8FNO3S. The van der Waals surface area contributed by atoms with Crippen molar-refractivity contribution in [2.45, 2.75) is 25.7 Å². The fourth-order valence-electron chi connectivity index (χ4n) is 1.21. The highest BCUT2D eigenvalue weighted by Crippen LogP contribution is 2.26. The van der Waals surface area contributed by atoms with Crippen LogP contribution in [0.4, 0.5) is 3.89 Å². The van der Waals surface area contributed by atoms with Crippen molar-refractivity contribution in [3.63, 3.8) is 0 Å². The second-order valence-corrected chi connectivity index (χ2v) is 3.65. The minimum Gasteiger partial charge on any atom is -0.362 e. The molecule has 0 aliphatic heterocycles. The normalized spacial score (nSPS) is 18.2. The van der Waals surface area contributed by atoms with Gasteiger partial charge in [0.1, 0.15) is 5.76 Å². The summed E-state index contributed by atoms with van der Waals surface area (Å²) in [6.07, 6.45) is 2.30. The van der Waals surface area contributed by atoms with Gasteiger partial charge in [0, 0.05) is 6.42 Å². The van der Waals surface area contributed by atoms with E-state index in [-0.39, 0.29) is 11.3 Å². The first-order valence-electron chi connectivity index (χ1n) is 3.79. The monoisotopic (exact) mass is 205 g/mol. The summed E-state index contributed by atoms with van der Waals surface area (Å²) in [4.78, 5) is 0. The minimum absolute atomic E-state index is 0.0451. The molecule has 0 amide bonds. The van der Waals surface area contributed by atoms with Gasteiger partial charge in [-0.25, -0.2) is 0 Å². The van der Waals surface area contributed by atoms with Crippen molar-refractivity contribution in [1.29, 1.82) is 5.26 Å². The molecule has 4 nitrogen and oxygen atoms in total. The van der Waals surface area contributed by atoms with E-state index in [1.807, 2.05) is 0 Å². The topological polar surface area (TPSA) is 67.2 Å². The van der Waals surface area contributed by atoms with Crippen LogP contribution in [0.3, 0.4) is 0 Å². The number of hydrogen-bond donors (Lipinski definition) is 0. The van der Waals surface area contributed by atoms with Gasteiger partial charge in [-0.2, -0.15) is 13.7 Å². The van der Waals surface area contributed by atoms with Crippen LogP contribution in [0, 0.1) is 11.3 Å². The highest BCUT2D eigenvalue weighted by Gasteiger charge is 2.19. The van der Waals surface area contributed by atoms with Crippen LogP contribution in [0.1, 0.15) is 25.7 Å². The Kier molecular flexibility index (Phi) is 2.88. The number of hydrogen-bond acceptors (Lipinski definition) is 4. The Bertz CT molecular complexity index is 366. The van der Waals surface area contributed by atoms with E-state index < -0.39 is 10.5 Å². The van der Waals surface area contributed by atoms with Crippen LogP contribution >= 0.6 is 0 Å². The number of nitriles is 1. The zero-order valence-corrected chi connectivity index (χ0v) is 7.60. The standard InChI is InChI=1S/C7H8FNO3S/c8-13(10,11)12-7-4-2-1-3-6(7)5-9/h1-4H2. The molecule has 0 saturated carbocycles. The molecule has 0 aromatic carbocycles. The summed E-state index contributed by atoms with van der Waals surface area (Å²) >= 11 is 0. The first-order valence-corrected chi connectivity index (χ1v) is 5.10. The molecule has 0 aromatic rings. The summed E-state index contributed by atoms with van der Waals surface area (Å²) in [5.74, 6) is -0.0451. The molecule has 1 aliphatic carbocycles. The highest BCUT2D eigenvalue weighted by molar-refractivity contribution is 7.81. The predicted octanol–water partition coefficient (Wildman–Crippen LogP) is 1.57. The summed E-state index contributed by atoms with van der Waals surface area (Å²) in [7, 11) is -4.98. The Morgan fingerprint density at radius 1 is 1.38 bits per heavy atom. The van der Waals surface area contributed by atoms with E-state index in [4.69, 9.17) is 5.26 Å². The summed E-state index contributed by atoms with van der Waals surface area (Å²) in [6.45, 7) is 0. The van der Waals surface area contributed by atoms with Gasteiger partial charge in [-0.15, -0.1) is 0 Å². The SMILES string of the molecule is N#CC1=C(OS(=O)(=O)F)CCCC1. The van der Waals surface area contributed by atoms with Gasteiger partial charge in [-0.3, -0.25) is 0 Å². The Hall–Kier alpha value is -1.09. The summed E-state index contributed by atoms with van der Waals surface area (Å²) in [6, 6.07) is 1.80. The quantitative estimate of drug-likeness (QED) is 0.641. The largest absolute Gasteiger partial charge is 0.488 e. The van der Waals surface area contributed by atoms with E-state index in [0.717, 1.165) is 12.8 Å². The van der Waals surface area contributed by atoms with Crippen molar-refractivity contribution in [3.05, 3.63) is 11.3 Å². The van der Waals surface area contributed by atoms with E-state index in [0.29, 0.717) is 12.8 Å². The van der Waals surface area contributed by atoms with Gasteiger partial charge in [-0.05, 0) is 19.3 Å². The molecule has 72 valence electrons. The van der Waals surface area contributed by atoms with Crippen molar-refractivity contribution in [2.24, 2.45) is 0 Å². The Morgan fingerprint density at radius 2 is 2.00 bits per heavy atom. The molecule has 0 aromatic heterocycles. The average molecular weight is 205 g/mol. The minimum atomic E-state index is -4.98. The van der Waals surface area contributed by atoms with E-state index in [1.165, 1.54) is 0 Å². The lowest BCUT2D eigenvalue weighted by Gasteiger charge is -2.13. The molecule has 0 bridgehead atoms. The molecule has 0 fully saturated rings. The third-order valence-corrected chi connectivity index (χ3v) is 2.15.